The number of nitrogens with one attached hydrogen (secondary N) is 4. The van der Waals surface area contributed by atoms with E-state index in [1.165, 1.54) is 12.5 Å². The number of carboxylic acids is 1. The fraction of sp³-hybridized carbons (Fsp3) is 0.233. The topological polar surface area (TPSA) is 380 Å². The van der Waals surface area contributed by atoms with Crippen molar-refractivity contribution in [3.63, 3.8) is 0 Å². The van der Waals surface area contributed by atoms with E-state index in [1.54, 1.807) is 70.6 Å². The van der Waals surface area contributed by atoms with Gasteiger partial charge in [0.15, 0.2) is 34.8 Å². The highest BCUT2D eigenvalue weighted by atomic mass is 35.5. The van der Waals surface area contributed by atoms with Crippen LogP contribution in [0.25, 0.3) is 32.7 Å². The third kappa shape index (κ3) is 22.3. The number of anilines is 3. The van der Waals surface area contributed by atoms with Gasteiger partial charge in [0, 0.05) is 90.7 Å². The molecule has 0 saturated heterocycles. The van der Waals surface area contributed by atoms with E-state index in [0.717, 1.165) is 83.7 Å². The summed E-state index contributed by atoms with van der Waals surface area (Å²) in [6, 6.07) is 33.4. The second-order valence-corrected chi connectivity index (χ2v) is 26.3. The van der Waals surface area contributed by atoms with Crippen LogP contribution >= 0.6 is 34.8 Å². The van der Waals surface area contributed by atoms with Crippen LogP contribution < -0.4 is 32.7 Å². The lowest BCUT2D eigenvalue weighted by Gasteiger charge is -2.19. The minimum atomic E-state index is -1.10. The van der Waals surface area contributed by atoms with Crippen molar-refractivity contribution in [3.05, 3.63) is 247 Å². The van der Waals surface area contributed by atoms with E-state index in [9.17, 15) is 24.0 Å². The van der Waals surface area contributed by atoms with E-state index in [1.807, 2.05) is 120 Å². The molecule has 9 aromatic heterocycles. The van der Waals surface area contributed by atoms with Gasteiger partial charge in [0.2, 0.25) is 0 Å². The Morgan fingerprint density at radius 2 is 0.824 bits per heavy atom. The molecule has 0 aliphatic heterocycles. The molecule has 0 saturated carbocycles. The summed E-state index contributed by atoms with van der Waals surface area (Å²) < 4.78 is 26.5. The SMILES string of the molecule is Cc1nc(N)ccc1CNC(=O)c1coc(Cc2ccc3ncc(Cl)cc3c2)n1.Cc1nc(NC(=O)OC(C)(C)C)ccc1CN.Cc1nc(NC(=O)OC(C)(C)C)ccc1CNC(=O)c1coc(Cc2ccc3ncc(Cl)cc3c2)n1.O=C(O)c1coc(Cc2ccc3ncc(Cl)cc3c2)n1. The van der Waals surface area contributed by atoms with E-state index in [-0.39, 0.29) is 35.4 Å². The van der Waals surface area contributed by atoms with Gasteiger partial charge in [-0.15, -0.1) is 0 Å². The summed E-state index contributed by atoms with van der Waals surface area (Å²) in [5.74, 6) is 0.732. The fourth-order valence-corrected chi connectivity index (χ4v) is 10.2. The Labute approximate surface area is 600 Å². The van der Waals surface area contributed by atoms with E-state index < -0.39 is 29.4 Å². The number of ether oxygens (including phenoxy) is 2. The number of nitrogens with two attached hydrogens (primary N) is 2. The largest absolute Gasteiger partial charge is 0.476 e. The molecule has 0 spiro atoms. The first kappa shape index (κ1) is 74.8. The number of aryl methyl sites for hydroxylation is 3. The van der Waals surface area contributed by atoms with Crippen molar-refractivity contribution in [1.29, 1.82) is 0 Å². The monoisotopic (exact) mass is 1440 g/mol. The van der Waals surface area contributed by atoms with Gasteiger partial charge in [-0.1, -0.05) is 71.2 Å². The van der Waals surface area contributed by atoms with Gasteiger partial charge in [0.05, 0.1) is 31.6 Å². The molecule has 0 aliphatic rings. The highest BCUT2D eigenvalue weighted by Crippen LogP contribution is 2.25. The van der Waals surface area contributed by atoms with Crippen molar-refractivity contribution in [2.75, 3.05) is 16.4 Å². The number of pyridine rings is 6. The molecule has 0 bridgehead atoms. The Kier molecular flexibility index (Phi) is 24.6. The minimum Gasteiger partial charge on any atom is -0.476 e. The van der Waals surface area contributed by atoms with Gasteiger partial charge in [-0.05, 0) is 168 Å². The van der Waals surface area contributed by atoms with Gasteiger partial charge in [-0.3, -0.25) is 35.2 Å². The van der Waals surface area contributed by atoms with Gasteiger partial charge in [0.1, 0.15) is 47.4 Å². The van der Waals surface area contributed by atoms with Gasteiger partial charge in [-0.2, -0.15) is 0 Å². The van der Waals surface area contributed by atoms with Crippen LogP contribution in [0, 0.1) is 20.8 Å². The number of nitrogen functional groups attached to an aromatic ring is 1. The number of carbonyl (C=O) groups excluding carboxylic acids is 4. The average molecular weight is 1440 g/mol. The number of nitrogens with zero attached hydrogens (tertiary/aromatic N) is 9. The lowest BCUT2D eigenvalue weighted by molar-refractivity contribution is 0.0624. The van der Waals surface area contributed by atoms with Crippen molar-refractivity contribution in [2.24, 2.45) is 5.73 Å². The lowest BCUT2D eigenvalue weighted by Crippen LogP contribution is -2.27. The Balaban J connectivity index is 0.000000165. The number of halogens is 3. The van der Waals surface area contributed by atoms with Crippen molar-refractivity contribution in [1.82, 2.24) is 55.5 Å². The molecule has 0 radical (unpaired) electrons. The summed E-state index contributed by atoms with van der Waals surface area (Å²) >= 11 is 18.0. The highest BCUT2D eigenvalue weighted by Gasteiger charge is 2.21. The Bertz CT molecular complexity index is 5030. The number of amides is 4. The summed E-state index contributed by atoms with van der Waals surface area (Å²) in [6.45, 7) is 17.3. The molecule has 0 unspecified atom stereocenters. The molecule has 526 valence electrons. The Morgan fingerprint density at radius 1 is 0.471 bits per heavy atom. The Hall–Kier alpha value is -11.5. The second-order valence-electron chi connectivity index (χ2n) is 24.9. The molecule has 102 heavy (non-hydrogen) atoms. The van der Waals surface area contributed by atoms with Gasteiger partial charge in [0.25, 0.3) is 11.8 Å². The van der Waals surface area contributed by atoms with Gasteiger partial charge in [-0.25, -0.2) is 44.3 Å². The smallest absolute Gasteiger partial charge is 0.413 e. The number of carbonyl (C=O) groups is 5. The molecular formula is C73H72Cl3N15O11. The van der Waals surface area contributed by atoms with E-state index in [2.05, 4.69) is 66.1 Å². The number of aromatic carboxylic acids is 1. The number of aromatic nitrogens is 9. The van der Waals surface area contributed by atoms with Crippen LogP contribution in [0.2, 0.25) is 15.1 Å². The molecule has 4 amide bonds. The van der Waals surface area contributed by atoms with E-state index in [0.29, 0.717) is 88.2 Å². The number of rotatable bonds is 16. The van der Waals surface area contributed by atoms with Gasteiger partial charge >= 0.3 is 18.2 Å². The maximum atomic E-state index is 12.6. The first-order valence-corrected chi connectivity index (χ1v) is 32.7. The highest BCUT2D eigenvalue weighted by molar-refractivity contribution is 6.31. The lowest BCUT2D eigenvalue weighted by atomic mass is 10.1. The number of hydrogen-bond acceptors (Lipinski definition) is 21. The molecule has 29 heteroatoms. The first-order chi connectivity index (χ1) is 48.5. The number of oxazole rings is 3. The van der Waals surface area contributed by atoms with Crippen LogP contribution in [0.3, 0.4) is 0 Å². The summed E-state index contributed by atoms with van der Waals surface area (Å²) in [5, 5.41) is 24.1. The van der Waals surface area contributed by atoms with Crippen molar-refractivity contribution >= 4 is 115 Å². The zero-order chi connectivity index (χ0) is 73.4. The quantitative estimate of drug-likeness (QED) is 0.0472. The third-order valence-electron chi connectivity index (χ3n) is 14.5. The van der Waals surface area contributed by atoms with Crippen molar-refractivity contribution < 1.29 is 51.8 Å². The molecule has 12 aromatic rings. The van der Waals surface area contributed by atoms with Crippen LogP contribution in [0.4, 0.5) is 27.0 Å². The van der Waals surface area contributed by atoms with Crippen molar-refractivity contribution in [2.45, 2.75) is 112 Å². The van der Waals surface area contributed by atoms with Crippen LogP contribution in [0.15, 0.2) is 160 Å². The molecule has 9 N–H and O–H groups in total. The fourth-order valence-electron chi connectivity index (χ4n) is 9.67. The standard InChI is InChI=1S/C26H26ClN5O4.C21H18ClN5O2.C14H9ClN2O3.C12H19N3O2/c1-15-17(6-8-22(30-15)32-25(34)36-26(2,3)4)12-29-24(33)21-14-35-23(31-21)10-16-5-7-20-18(9-16)11-19(27)13-28-20;1-12-14(3-5-19(23)26-12)9-25-21(28)18-11-29-20(27-18)7-13-2-4-17-15(6-13)8-16(22)10-24-17;15-10-5-9-3-8(1-2-11(9)16-6-10)4-13-17-12(7-20-13)14(18)19;1-8-9(7-13)5-6-10(14-8)15-11(16)17-12(2,3)4/h5-9,11,13-14H,10,12H2,1-4H3,(H,29,33)(H,30,32,34);2-6,8,10-11H,7,9H2,1H3,(H2,23,26)(H,25,28);1-3,5-7H,4H2,(H,18,19);5-6H,7,13H2,1-4H3,(H,14,15,16). The molecule has 0 fully saturated rings. The Morgan fingerprint density at radius 3 is 1.17 bits per heavy atom. The molecule has 12 rings (SSSR count). The number of carboxylic acid groups (broad SMARTS) is 1. The van der Waals surface area contributed by atoms with E-state index in [4.69, 9.17) is 74.1 Å². The molecule has 0 atom stereocenters. The minimum absolute atomic E-state index is 0.0921. The first-order valence-electron chi connectivity index (χ1n) is 31.6. The van der Waals surface area contributed by atoms with Crippen LogP contribution in [0.1, 0.15) is 141 Å². The molecule has 3 aromatic carbocycles. The molecule has 0 aliphatic carbocycles. The number of benzene rings is 3. The third-order valence-corrected chi connectivity index (χ3v) is 15.1. The predicted octanol–water partition coefficient (Wildman–Crippen LogP) is 14.5. The van der Waals surface area contributed by atoms with Crippen LogP contribution in [-0.4, -0.2) is 91.1 Å². The summed E-state index contributed by atoms with van der Waals surface area (Å²) in [7, 11) is 0. The molecule has 26 nitrogen and oxygen atoms in total. The summed E-state index contributed by atoms with van der Waals surface area (Å²) in [5.41, 5.74) is 20.7. The summed E-state index contributed by atoms with van der Waals surface area (Å²) in [6.07, 6.45) is 8.85. The zero-order valence-corrected chi connectivity index (χ0v) is 59.2. The zero-order valence-electron chi connectivity index (χ0n) is 56.9. The van der Waals surface area contributed by atoms with Crippen LogP contribution in [-0.2, 0) is 48.4 Å². The van der Waals surface area contributed by atoms with Gasteiger partial charge < -0.3 is 49.9 Å². The van der Waals surface area contributed by atoms with Crippen molar-refractivity contribution in [3.8, 4) is 0 Å². The van der Waals surface area contributed by atoms with Crippen LogP contribution in [0.5, 0.6) is 0 Å². The predicted molar refractivity (Wildman–Crippen MR) is 386 cm³/mol. The second kappa shape index (κ2) is 33.6. The maximum Gasteiger partial charge on any atom is 0.413 e. The number of hydrogen-bond donors (Lipinski definition) is 7. The average Bonchev–Trinajstić information content (AvgIpc) is 1.29. The summed E-state index contributed by atoms with van der Waals surface area (Å²) in [4.78, 5) is 97.2. The number of fused-ring (bicyclic) bond motifs is 3. The van der Waals surface area contributed by atoms with E-state index >= 15 is 0 Å². The molecular weight excluding hydrogens is 1370 g/mol. The normalized spacial score (nSPS) is 11.1. The molecule has 9 heterocycles. The maximum absolute atomic E-state index is 12.6.